The molecule has 2 aromatic rings. The van der Waals surface area contributed by atoms with Crippen LogP contribution in [0, 0.1) is 6.92 Å². The van der Waals surface area contributed by atoms with Crippen LogP contribution in [0.2, 0.25) is 5.02 Å². The Morgan fingerprint density at radius 1 is 1.20 bits per heavy atom. The Kier molecular flexibility index (Phi) is 4.84. The molecule has 1 unspecified atom stereocenters. The highest BCUT2D eigenvalue weighted by Gasteiger charge is 2.14. The highest BCUT2D eigenvalue weighted by Crippen LogP contribution is 2.20. The predicted octanol–water partition coefficient (Wildman–Crippen LogP) is 4.90. The van der Waals surface area contributed by atoms with Crippen LogP contribution in [-0.2, 0) is 0 Å². The number of carbonyl (C=O) groups excluding carboxylic acids is 1. The molecule has 0 aliphatic carbocycles. The van der Waals surface area contributed by atoms with Crippen molar-refractivity contribution in [3.05, 3.63) is 68.7 Å². The summed E-state index contributed by atoms with van der Waals surface area (Å²) in [5, 5.41) is 3.68. The summed E-state index contributed by atoms with van der Waals surface area (Å²) in [6.45, 7) is 3.91. The van der Waals surface area contributed by atoms with E-state index in [1.807, 2.05) is 56.3 Å². The van der Waals surface area contributed by atoms with Crippen molar-refractivity contribution in [2.24, 2.45) is 0 Å². The lowest BCUT2D eigenvalue weighted by atomic mass is 10.1. The van der Waals surface area contributed by atoms with Crippen molar-refractivity contribution in [3.8, 4) is 0 Å². The van der Waals surface area contributed by atoms with Gasteiger partial charge in [0, 0.05) is 9.50 Å². The van der Waals surface area contributed by atoms with Gasteiger partial charge in [0.15, 0.2) is 0 Å². The van der Waals surface area contributed by atoms with Gasteiger partial charge in [0.2, 0.25) is 0 Å². The van der Waals surface area contributed by atoms with Crippen molar-refractivity contribution < 1.29 is 4.79 Å². The lowest BCUT2D eigenvalue weighted by Crippen LogP contribution is -2.27. The van der Waals surface area contributed by atoms with E-state index in [1.54, 1.807) is 0 Å². The van der Waals surface area contributed by atoms with Crippen LogP contribution in [-0.4, -0.2) is 5.91 Å². The number of benzene rings is 2. The Morgan fingerprint density at radius 2 is 1.85 bits per heavy atom. The van der Waals surface area contributed by atoms with E-state index in [0.717, 1.165) is 15.6 Å². The van der Waals surface area contributed by atoms with Gasteiger partial charge in [-0.3, -0.25) is 4.79 Å². The van der Waals surface area contributed by atoms with Crippen LogP contribution in [0.15, 0.2) is 46.9 Å². The molecule has 1 atom stereocenters. The van der Waals surface area contributed by atoms with Crippen LogP contribution >= 0.6 is 27.5 Å². The van der Waals surface area contributed by atoms with E-state index in [4.69, 9.17) is 11.6 Å². The van der Waals surface area contributed by atoms with Gasteiger partial charge in [-0.2, -0.15) is 0 Å². The first-order valence-corrected chi connectivity index (χ1v) is 7.47. The Hall–Kier alpha value is -1.32. The summed E-state index contributed by atoms with van der Waals surface area (Å²) in [5.41, 5.74) is 2.72. The molecule has 0 bridgehead atoms. The van der Waals surface area contributed by atoms with E-state index in [2.05, 4.69) is 21.2 Å². The number of nitrogens with one attached hydrogen (secondary N) is 1. The first-order chi connectivity index (χ1) is 9.47. The van der Waals surface area contributed by atoms with E-state index < -0.39 is 0 Å². The second kappa shape index (κ2) is 6.42. The fraction of sp³-hybridized carbons (Fsp3) is 0.188. The molecule has 104 valence electrons. The number of amides is 1. The zero-order chi connectivity index (χ0) is 14.7. The maximum absolute atomic E-state index is 12.3. The number of hydrogen-bond acceptors (Lipinski definition) is 1. The summed E-state index contributed by atoms with van der Waals surface area (Å²) in [6.07, 6.45) is 0. The van der Waals surface area contributed by atoms with Crippen molar-refractivity contribution in [3.63, 3.8) is 0 Å². The molecule has 0 radical (unpaired) electrons. The first-order valence-electron chi connectivity index (χ1n) is 6.30. The Morgan fingerprint density at radius 3 is 2.50 bits per heavy atom. The van der Waals surface area contributed by atoms with Gasteiger partial charge in [-0.1, -0.05) is 35.4 Å². The molecule has 2 aromatic carbocycles. The van der Waals surface area contributed by atoms with Gasteiger partial charge in [-0.15, -0.1) is 0 Å². The molecule has 0 aliphatic heterocycles. The summed E-state index contributed by atoms with van der Waals surface area (Å²) in [5.74, 6) is -0.0944. The highest BCUT2D eigenvalue weighted by atomic mass is 79.9. The smallest absolute Gasteiger partial charge is 0.252 e. The van der Waals surface area contributed by atoms with Crippen molar-refractivity contribution in [1.82, 2.24) is 5.32 Å². The molecule has 0 heterocycles. The van der Waals surface area contributed by atoms with Crippen LogP contribution in [0.4, 0.5) is 0 Å². The van der Waals surface area contributed by atoms with Gasteiger partial charge in [0.25, 0.3) is 5.91 Å². The monoisotopic (exact) mass is 351 g/mol. The zero-order valence-corrected chi connectivity index (χ0v) is 13.6. The minimum Gasteiger partial charge on any atom is -0.345 e. The molecule has 0 aliphatic rings. The third-order valence-corrected chi connectivity index (χ3v) is 4.03. The summed E-state index contributed by atoms with van der Waals surface area (Å²) >= 11 is 9.27. The van der Waals surface area contributed by atoms with Crippen LogP contribution in [0.1, 0.15) is 34.5 Å². The third-order valence-electron chi connectivity index (χ3n) is 3.08. The van der Waals surface area contributed by atoms with Crippen molar-refractivity contribution in [2.75, 3.05) is 0 Å². The molecule has 2 rings (SSSR count). The number of aryl methyl sites for hydroxylation is 1. The van der Waals surface area contributed by atoms with Crippen molar-refractivity contribution in [2.45, 2.75) is 19.9 Å². The molecule has 1 N–H and O–H groups in total. The van der Waals surface area contributed by atoms with E-state index in [9.17, 15) is 4.79 Å². The fourth-order valence-corrected chi connectivity index (χ4v) is 2.47. The molecule has 0 spiro atoms. The number of carbonyl (C=O) groups is 1. The lowest BCUT2D eigenvalue weighted by molar-refractivity contribution is 0.0939. The molecule has 0 fully saturated rings. The van der Waals surface area contributed by atoms with Gasteiger partial charge in [0.05, 0.1) is 11.6 Å². The Labute approximate surface area is 132 Å². The minimum atomic E-state index is -0.0944. The SMILES string of the molecule is Cc1ccc(Br)c(C(=O)NC(C)c2ccc(Cl)cc2)c1. The number of halogens is 2. The van der Waals surface area contributed by atoms with Gasteiger partial charge in [-0.25, -0.2) is 0 Å². The van der Waals surface area contributed by atoms with E-state index in [-0.39, 0.29) is 11.9 Å². The number of rotatable bonds is 3. The van der Waals surface area contributed by atoms with Crippen LogP contribution in [0.3, 0.4) is 0 Å². The molecule has 0 saturated carbocycles. The van der Waals surface area contributed by atoms with Crippen LogP contribution in [0.25, 0.3) is 0 Å². The topological polar surface area (TPSA) is 29.1 Å². The lowest BCUT2D eigenvalue weighted by Gasteiger charge is -2.15. The van der Waals surface area contributed by atoms with Gasteiger partial charge in [0.1, 0.15) is 0 Å². The summed E-state index contributed by atoms with van der Waals surface area (Å²) in [7, 11) is 0. The molecule has 2 nitrogen and oxygen atoms in total. The van der Waals surface area contributed by atoms with Crippen LogP contribution < -0.4 is 5.32 Å². The maximum atomic E-state index is 12.3. The molecule has 20 heavy (non-hydrogen) atoms. The fourth-order valence-electron chi connectivity index (χ4n) is 1.92. The molecule has 4 heteroatoms. The van der Waals surface area contributed by atoms with Crippen molar-refractivity contribution >= 4 is 33.4 Å². The first kappa shape index (κ1) is 15.1. The minimum absolute atomic E-state index is 0.0767. The largest absolute Gasteiger partial charge is 0.345 e. The van der Waals surface area contributed by atoms with E-state index in [0.29, 0.717) is 10.6 Å². The average molecular weight is 353 g/mol. The summed E-state index contributed by atoms with van der Waals surface area (Å²) < 4.78 is 0.795. The standard InChI is InChI=1S/C16H15BrClNO/c1-10-3-8-15(17)14(9-10)16(20)19-11(2)12-4-6-13(18)7-5-12/h3-9,11H,1-2H3,(H,19,20). The average Bonchev–Trinajstić information content (AvgIpc) is 2.42. The van der Waals surface area contributed by atoms with Gasteiger partial charge >= 0.3 is 0 Å². The van der Waals surface area contributed by atoms with Crippen LogP contribution in [0.5, 0.6) is 0 Å². The third kappa shape index (κ3) is 3.62. The summed E-state index contributed by atoms with van der Waals surface area (Å²) in [6, 6.07) is 13.1. The Bertz CT molecular complexity index is 625. The quantitative estimate of drug-likeness (QED) is 0.836. The van der Waals surface area contributed by atoms with Gasteiger partial charge < -0.3 is 5.32 Å². The van der Waals surface area contributed by atoms with E-state index >= 15 is 0 Å². The normalized spacial score (nSPS) is 12.0. The van der Waals surface area contributed by atoms with Crippen molar-refractivity contribution in [1.29, 1.82) is 0 Å². The second-order valence-electron chi connectivity index (χ2n) is 4.73. The number of hydrogen-bond donors (Lipinski definition) is 1. The molecule has 0 aromatic heterocycles. The molecule has 0 saturated heterocycles. The molecular weight excluding hydrogens is 338 g/mol. The van der Waals surface area contributed by atoms with Gasteiger partial charge in [-0.05, 0) is 59.6 Å². The summed E-state index contributed by atoms with van der Waals surface area (Å²) in [4.78, 5) is 12.3. The molecule has 1 amide bonds. The Balaban J connectivity index is 2.15. The predicted molar refractivity (Wildman–Crippen MR) is 86.2 cm³/mol. The second-order valence-corrected chi connectivity index (χ2v) is 6.02. The maximum Gasteiger partial charge on any atom is 0.252 e. The molecular formula is C16H15BrClNO. The van der Waals surface area contributed by atoms with E-state index in [1.165, 1.54) is 0 Å². The zero-order valence-electron chi connectivity index (χ0n) is 11.3. The highest BCUT2D eigenvalue weighted by molar-refractivity contribution is 9.10.